The van der Waals surface area contributed by atoms with Gasteiger partial charge in [0.15, 0.2) is 17.5 Å². The number of hydrogen-bond acceptors (Lipinski definition) is 5. The van der Waals surface area contributed by atoms with E-state index in [4.69, 9.17) is 9.47 Å². The number of aromatic nitrogens is 1. The molecule has 8 nitrogen and oxygen atoms in total. The van der Waals surface area contributed by atoms with Crippen molar-refractivity contribution >= 4 is 41.7 Å². The van der Waals surface area contributed by atoms with Crippen LogP contribution >= 0.6 is 24.0 Å². The van der Waals surface area contributed by atoms with Crippen LogP contribution in [-0.4, -0.2) is 51.2 Å². The molecule has 0 spiro atoms. The second kappa shape index (κ2) is 13.6. The topological polar surface area (TPSA) is 96.9 Å². The fourth-order valence-electron chi connectivity index (χ4n) is 2.62. The molecule has 1 heterocycles. The van der Waals surface area contributed by atoms with Crippen molar-refractivity contribution in [2.45, 2.75) is 19.8 Å². The lowest BCUT2D eigenvalue weighted by atomic mass is 10.1. The largest absolute Gasteiger partial charge is 0.493 e. The lowest BCUT2D eigenvalue weighted by Crippen LogP contribution is -2.39. The fraction of sp³-hybridized carbons (Fsp3) is 0.381. The third kappa shape index (κ3) is 8.44. The molecule has 164 valence electrons. The summed E-state index contributed by atoms with van der Waals surface area (Å²) in [7, 11) is 4.94. The third-order valence-corrected chi connectivity index (χ3v) is 4.20. The first-order valence-corrected chi connectivity index (χ1v) is 9.43. The molecule has 2 aromatic rings. The number of aliphatic imine (C=N–C) groups is 1. The SMILES string of the molecule is CN=C(NCCC(=O)Nc1ccc(C)cn1)NCCc1ccc(OC)c(OC)c1.I. The lowest BCUT2D eigenvalue weighted by molar-refractivity contribution is -0.116. The van der Waals surface area contributed by atoms with Crippen molar-refractivity contribution in [3.63, 3.8) is 0 Å². The molecule has 0 saturated heterocycles. The van der Waals surface area contributed by atoms with Crippen LogP contribution in [0.3, 0.4) is 0 Å². The minimum Gasteiger partial charge on any atom is -0.493 e. The van der Waals surface area contributed by atoms with E-state index in [1.54, 1.807) is 33.5 Å². The Hall–Kier alpha value is -2.56. The van der Waals surface area contributed by atoms with Crippen molar-refractivity contribution in [1.29, 1.82) is 0 Å². The van der Waals surface area contributed by atoms with Crippen LogP contribution in [0.4, 0.5) is 5.82 Å². The van der Waals surface area contributed by atoms with E-state index in [0.29, 0.717) is 42.8 Å². The zero-order valence-corrected chi connectivity index (χ0v) is 20.2. The first kappa shape index (κ1) is 25.5. The van der Waals surface area contributed by atoms with E-state index >= 15 is 0 Å². The number of pyridine rings is 1. The van der Waals surface area contributed by atoms with Gasteiger partial charge in [-0.3, -0.25) is 9.79 Å². The minimum atomic E-state index is -0.102. The first-order valence-electron chi connectivity index (χ1n) is 9.43. The Morgan fingerprint density at radius 1 is 1.07 bits per heavy atom. The Morgan fingerprint density at radius 3 is 2.43 bits per heavy atom. The van der Waals surface area contributed by atoms with Crippen LogP contribution < -0.4 is 25.4 Å². The standard InChI is InChI=1S/C21H29N5O3.HI/c1-15-5-8-19(25-14-15)26-20(27)10-12-24-21(22-2)23-11-9-16-6-7-17(28-3)18(13-16)29-4;/h5-8,13-14H,9-12H2,1-4H3,(H2,22,23,24)(H,25,26,27);1H. The Kier molecular flexibility index (Phi) is 11.6. The normalized spacial score (nSPS) is 10.6. The van der Waals surface area contributed by atoms with E-state index in [0.717, 1.165) is 17.5 Å². The van der Waals surface area contributed by atoms with Gasteiger partial charge in [-0.25, -0.2) is 4.98 Å². The van der Waals surface area contributed by atoms with Gasteiger partial charge in [-0.05, 0) is 42.7 Å². The molecule has 0 radical (unpaired) electrons. The second-order valence-corrected chi connectivity index (χ2v) is 6.38. The molecular formula is C21H30IN5O3. The number of carbonyl (C=O) groups excluding carboxylic acids is 1. The summed E-state index contributed by atoms with van der Waals surface area (Å²) in [5.41, 5.74) is 2.17. The summed E-state index contributed by atoms with van der Waals surface area (Å²) < 4.78 is 10.6. The molecule has 9 heteroatoms. The number of halogens is 1. The molecule has 3 N–H and O–H groups in total. The molecule has 30 heavy (non-hydrogen) atoms. The Balaban J connectivity index is 0.00000450. The van der Waals surface area contributed by atoms with Gasteiger partial charge >= 0.3 is 0 Å². The average Bonchev–Trinajstić information content (AvgIpc) is 2.74. The Labute approximate surface area is 194 Å². The summed E-state index contributed by atoms with van der Waals surface area (Å²) in [5, 5.41) is 9.14. The van der Waals surface area contributed by atoms with Crippen LogP contribution in [0.1, 0.15) is 17.5 Å². The maximum Gasteiger partial charge on any atom is 0.227 e. The number of anilines is 1. The van der Waals surface area contributed by atoms with E-state index in [9.17, 15) is 4.79 Å². The highest BCUT2D eigenvalue weighted by Gasteiger charge is 2.06. The number of rotatable bonds is 9. The molecule has 0 unspecified atom stereocenters. The van der Waals surface area contributed by atoms with Gasteiger partial charge in [-0.15, -0.1) is 24.0 Å². The predicted octanol–water partition coefficient (Wildman–Crippen LogP) is 2.76. The molecule has 1 aromatic carbocycles. The predicted molar refractivity (Wildman–Crippen MR) is 130 cm³/mol. The van der Waals surface area contributed by atoms with Crippen molar-refractivity contribution in [3.8, 4) is 11.5 Å². The van der Waals surface area contributed by atoms with Gasteiger partial charge in [0.2, 0.25) is 5.91 Å². The van der Waals surface area contributed by atoms with E-state index in [-0.39, 0.29) is 29.9 Å². The van der Waals surface area contributed by atoms with Gasteiger partial charge in [0.1, 0.15) is 5.82 Å². The third-order valence-electron chi connectivity index (χ3n) is 4.20. The van der Waals surface area contributed by atoms with Crippen LogP contribution in [0.15, 0.2) is 41.5 Å². The molecule has 0 saturated carbocycles. The quantitative estimate of drug-likeness (QED) is 0.264. The molecule has 1 aromatic heterocycles. The van der Waals surface area contributed by atoms with Gasteiger partial charge in [-0.2, -0.15) is 0 Å². The second-order valence-electron chi connectivity index (χ2n) is 6.38. The van der Waals surface area contributed by atoms with Crippen LogP contribution in [0.5, 0.6) is 11.5 Å². The summed E-state index contributed by atoms with van der Waals surface area (Å²) in [4.78, 5) is 20.3. The Bertz CT molecular complexity index is 828. The lowest BCUT2D eigenvalue weighted by Gasteiger charge is -2.13. The molecular weight excluding hydrogens is 497 g/mol. The number of methoxy groups -OCH3 is 2. The zero-order valence-electron chi connectivity index (χ0n) is 17.8. The average molecular weight is 527 g/mol. The first-order chi connectivity index (χ1) is 14.0. The maximum absolute atomic E-state index is 12.0. The monoisotopic (exact) mass is 527 g/mol. The number of aryl methyl sites for hydroxylation is 1. The number of nitrogens with one attached hydrogen (secondary N) is 3. The van der Waals surface area contributed by atoms with E-state index in [2.05, 4.69) is 25.9 Å². The summed E-state index contributed by atoms with van der Waals surface area (Å²) in [5.74, 6) is 2.52. The van der Waals surface area contributed by atoms with Gasteiger partial charge in [0.05, 0.1) is 14.2 Å². The van der Waals surface area contributed by atoms with Gasteiger partial charge in [0, 0.05) is 32.8 Å². The maximum atomic E-state index is 12.0. The van der Waals surface area contributed by atoms with Crippen molar-refractivity contribution in [3.05, 3.63) is 47.7 Å². The van der Waals surface area contributed by atoms with Crippen molar-refractivity contribution in [2.24, 2.45) is 4.99 Å². The number of nitrogens with zero attached hydrogens (tertiary/aromatic N) is 2. The highest BCUT2D eigenvalue weighted by molar-refractivity contribution is 14.0. The number of carbonyl (C=O) groups is 1. The minimum absolute atomic E-state index is 0. The van der Waals surface area contributed by atoms with Crippen molar-refractivity contribution in [1.82, 2.24) is 15.6 Å². The van der Waals surface area contributed by atoms with Crippen molar-refractivity contribution in [2.75, 3.05) is 39.7 Å². The van der Waals surface area contributed by atoms with Crippen LogP contribution in [0.25, 0.3) is 0 Å². The van der Waals surface area contributed by atoms with Gasteiger partial charge in [0.25, 0.3) is 0 Å². The zero-order chi connectivity index (χ0) is 21.1. The van der Waals surface area contributed by atoms with Gasteiger partial charge < -0.3 is 25.4 Å². The van der Waals surface area contributed by atoms with E-state index in [1.807, 2.05) is 31.2 Å². The smallest absolute Gasteiger partial charge is 0.227 e. The molecule has 0 aliphatic carbocycles. The Morgan fingerprint density at radius 2 is 1.80 bits per heavy atom. The summed E-state index contributed by atoms with van der Waals surface area (Å²) in [6, 6.07) is 9.55. The fourth-order valence-corrected chi connectivity index (χ4v) is 2.62. The number of benzene rings is 1. The van der Waals surface area contributed by atoms with Crippen molar-refractivity contribution < 1.29 is 14.3 Å². The van der Waals surface area contributed by atoms with Gasteiger partial charge in [-0.1, -0.05) is 12.1 Å². The number of hydrogen-bond donors (Lipinski definition) is 3. The van der Waals surface area contributed by atoms with Crippen LogP contribution in [0, 0.1) is 6.92 Å². The summed E-state index contributed by atoms with van der Waals surface area (Å²) >= 11 is 0. The molecule has 0 aliphatic rings. The molecule has 0 atom stereocenters. The number of amides is 1. The van der Waals surface area contributed by atoms with E-state index < -0.39 is 0 Å². The number of guanidine groups is 1. The van der Waals surface area contributed by atoms with Crippen LogP contribution in [-0.2, 0) is 11.2 Å². The molecule has 1 amide bonds. The molecule has 0 bridgehead atoms. The summed E-state index contributed by atoms with van der Waals surface area (Å²) in [6.45, 7) is 3.11. The summed E-state index contributed by atoms with van der Waals surface area (Å²) in [6.07, 6.45) is 2.82. The molecule has 2 rings (SSSR count). The highest BCUT2D eigenvalue weighted by atomic mass is 127. The number of ether oxygens (including phenoxy) is 2. The molecule has 0 fully saturated rings. The van der Waals surface area contributed by atoms with Crippen LogP contribution in [0.2, 0.25) is 0 Å². The molecule has 0 aliphatic heterocycles. The van der Waals surface area contributed by atoms with E-state index in [1.165, 1.54) is 0 Å². The highest BCUT2D eigenvalue weighted by Crippen LogP contribution is 2.27.